The average Bonchev–Trinajstić information content (AvgIpc) is 3.30. The molecule has 2 aromatic heterocycles. The molecule has 4 nitrogen and oxygen atoms in total. The third-order valence-corrected chi connectivity index (χ3v) is 5.82. The van der Waals surface area contributed by atoms with Gasteiger partial charge in [-0.1, -0.05) is 76.4 Å². The quantitative estimate of drug-likeness (QED) is 0.267. The molecule has 0 bridgehead atoms. The standard InChI is InChI=1S/C25H15Cl3N4/c26-19-9-5-16(6-10-19)22-13-18(14-23(29-22)17-7-11-20(27)12-8-17)24-15-32(31-30-24)25-4-2-1-3-21(25)28/h1-15H. The normalized spacial score (nSPS) is 11.0. The van der Waals surface area contributed by atoms with Crippen LogP contribution in [-0.4, -0.2) is 20.0 Å². The zero-order chi connectivity index (χ0) is 22.1. The lowest BCUT2D eigenvalue weighted by Gasteiger charge is -2.09. The minimum atomic E-state index is 0.599. The minimum Gasteiger partial charge on any atom is -0.248 e. The fourth-order valence-corrected chi connectivity index (χ4v) is 3.84. The molecule has 0 atom stereocenters. The lowest BCUT2D eigenvalue weighted by Crippen LogP contribution is -1.95. The van der Waals surface area contributed by atoms with E-state index >= 15 is 0 Å². The topological polar surface area (TPSA) is 43.6 Å². The van der Waals surface area contributed by atoms with Crippen LogP contribution in [0.5, 0.6) is 0 Å². The number of hydrogen-bond donors (Lipinski definition) is 0. The number of benzene rings is 3. The van der Waals surface area contributed by atoms with Gasteiger partial charge in [0.15, 0.2) is 0 Å². The van der Waals surface area contributed by atoms with E-state index in [9.17, 15) is 0 Å². The molecular weight excluding hydrogens is 463 g/mol. The van der Waals surface area contributed by atoms with Crippen molar-refractivity contribution < 1.29 is 0 Å². The van der Waals surface area contributed by atoms with Crippen molar-refractivity contribution in [3.8, 4) is 39.5 Å². The van der Waals surface area contributed by atoms with Crippen LogP contribution in [0.1, 0.15) is 0 Å². The van der Waals surface area contributed by atoms with Gasteiger partial charge in [-0.15, -0.1) is 5.10 Å². The first-order valence-electron chi connectivity index (χ1n) is 9.78. The van der Waals surface area contributed by atoms with Gasteiger partial charge < -0.3 is 0 Å². The largest absolute Gasteiger partial charge is 0.248 e. The highest BCUT2D eigenvalue weighted by Crippen LogP contribution is 2.31. The number of hydrogen-bond acceptors (Lipinski definition) is 3. The molecule has 0 unspecified atom stereocenters. The highest BCUT2D eigenvalue weighted by atomic mass is 35.5. The van der Waals surface area contributed by atoms with Crippen molar-refractivity contribution in [2.75, 3.05) is 0 Å². The Morgan fingerprint density at radius 2 is 1.16 bits per heavy atom. The molecule has 0 saturated carbocycles. The summed E-state index contributed by atoms with van der Waals surface area (Å²) >= 11 is 18.5. The van der Waals surface area contributed by atoms with Gasteiger partial charge in [-0.2, -0.15) is 0 Å². The zero-order valence-electron chi connectivity index (χ0n) is 16.6. The Morgan fingerprint density at radius 1 is 0.594 bits per heavy atom. The maximum atomic E-state index is 6.33. The van der Waals surface area contributed by atoms with Gasteiger partial charge in [0.05, 0.1) is 28.3 Å². The first kappa shape index (κ1) is 20.7. The lowest BCUT2D eigenvalue weighted by atomic mass is 10.0. The Hall–Kier alpha value is -3.18. The van der Waals surface area contributed by atoms with Crippen molar-refractivity contribution in [3.05, 3.63) is 106 Å². The van der Waals surface area contributed by atoms with Crippen LogP contribution < -0.4 is 0 Å². The van der Waals surface area contributed by atoms with E-state index < -0.39 is 0 Å². The molecule has 0 aliphatic heterocycles. The van der Waals surface area contributed by atoms with Gasteiger partial charge in [-0.25, -0.2) is 9.67 Å². The summed E-state index contributed by atoms with van der Waals surface area (Å²) in [7, 11) is 0. The van der Waals surface area contributed by atoms with E-state index in [0.717, 1.165) is 33.8 Å². The van der Waals surface area contributed by atoms with Crippen molar-refractivity contribution in [3.63, 3.8) is 0 Å². The summed E-state index contributed by atoms with van der Waals surface area (Å²) in [6, 6.07) is 26.7. The van der Waals surface area contributed by atoms with Crippen LogP contribution >= 0.6 is 34.8 Å². The molecular formula is C25H15Cl3N4. The summed E-state index contributed by atoms with van der Waals surface area (Å²) in [5.74, 6) is 0. The van der Waals surface area contributed by atoms with Gasteiger partial charge in [0, 0.05) is 26.7 Å². The summed E-state index contributed by atoms with van der Waals surface area (Å²) in [6.45, 7) is 0. The summed E-state index contributed by atoms with van der Waals surface area (Å²) in [4.78, 5) is 4.88. The second-order valence-corrected chi connectivity index (χ2v) is 8.42. The average molecular weight is 478 g/mol. The van der Waals surface area contributed by atoms with Crippen molar-refractivity contribution in [1.82, 2.24) is 20.0 Å². The Bertz CT molecular complexity index is 1330. The summed E-state index contributed by atoms with van der Waals surface area (Å²) < 4.78 is 1.67. The van der Waals surface area contributed by atoms with E-state index in [4.69, 9.17) is 39.8 Å². The van der Waals surface area contributed by atoms with E-state index in [0.29, 0.717) is 20.8 Å². The van der Waals surface area contributed by atoms with Crippen LogP contribution in [0.25, 0.3) is 39.5 Å². The highest BCUT2D eigenvalue weighted by Gasteiger charge is 2.13. The van der Waals surface area contributed by atoms with Gasteiger partial charge in [-0.3, -0.25) is 0 Å². The Labute approximate surface area is 200 Å². The van der Waals surface area contributed by atoms with Crippen LogP contribution in [0.15, 0.2) is 91.1 Å². The molecule has 0 aliphatic carbocycles. The molecule has 7 heteroatoms. The van der Waals surface area contributed by atoms with Gasteiger partial charge in [-0.05, 0) is 48.5 Å². The molecule has 32 heavy (non-hydrogen) atoms. The number of halogens is 3. The molecule has 0 radical (unpaired) electrons. The molecule has 2 heterocycles. The third-order valence-electron chi connectivity index (χ3n) is 4.99. The Balaban J connectivity index is 1.64. The molecule has 0 fully saturated rings. The highest BCUT2D eigenvalue weighted by molar-refractivity contribution is 6.32. The molecule has 0 aliphatic rings. The fourth-order valence-electron chi connectivity index (χ4n) is 3.37. The summed E-state index contributed by atoms with van der Waals surface area (Å²) in [6.07, 6.45) is 1.85. The SMILES string of the molecule is Clc1ccc(-c2cc(-c3cn(-c4ccccc4Cl)nn3)cc(-c3ccc(Cl)cc3)n2)cc1. The van der Waals surface area contributed by atoms with Gasteiger partial charge in [0.1, 0.15) is 5.69 Å². The van der Waals surface area contributed by atoms with Gasteiger partial charge in [0.25, 0.3) is 0 Å². The third kappa shape index (κ3) is 4.26. The van der Waals surface area contributed by atoms with Crippen LogP contribution in [0.4, 0.5) is 0 Å². The van der Waals surface area contributed by atoms with Crippen LogP contribution in [-0.2, 0) is 0 Å². The first-order chi connectivity index (χ1) is 15.6. The van der Waals surface area contributed by atoms with E-state index in [1.165, 1.54) is 0 Å². The Morgan fingerprint density at radius 3 is 1.72 bits per heavy atom. The molecule has 0 N–H and O–H groups in total. The monoisotopic (exact) mass is 476 g/mol. The molecule has 0 amide bonds. The van der Waals surface area contributed by atoms with Crippen molar-refractivity contribution >= 4 is 34.8 Å². The van der Waals surface area contributed by atoms with Crippen molar-refractivity contribution in [2.24, 2.45) is 0 Å². The predicted molar refractivity (Wildman–Crippen MR) is 130 cm³/mol. The van der Waals surface area contributed by atoms with Crippen molar-refractivity contribution in [1.29, 1.82) is 0 Å². The van der Waals surface area contributed by atoms with Crippen LogP contribution in [0, 0.1) is 0 Å². The zero-order valence-corrected chi connectivity index (χ0v) is 18.9. The van der Waals surface area contributed by atoms with Crippen LogP contribution in [0.2, 0.25) is 15.1 Å². The molecule has 5 aromatic rings. The van der Waals surface area contributed by atoms with Crippen LogP contribution in [0.3, 0.4) is 0 Å². The molecule has 5 rings (SSSR count). The summed E-state index contributed by atoms with van der Waals surface area (Å²) in [5.41, 5.74) is 5.85. The molecule has 0 saturated heterocycles. The maximum absolute atomic E-state index is 6.33. The summed E-state index contributed by atoms with van der Waals surface area (Å²) in [5, 5.41) is 10.6. The number of rotatable bonds is 4. The first-order valence-corrected chi connectivity index (χ1v) is 10.9. The lowest BCUT2D eigenvalue weighted by molar-refractivity contribution is 0.804. The van der Waals surface area contributed by atoms with Gasteiger partial charge >= 0.3 is 0 Å². The van der Waals surface area contributed by atoms with E-state index in [1.54, 1.807) is 4.68 Å². The smallest absolute Gasteiger partial charge is 0.113 e. The number of aromatic nitrogens is 4. The van der Waals surface area contributed by atoms with Crippen molar-refractivity contribution in [2.45, 2.75) is 0 Å². The van der Waals surface area contributed by atoms with E-state index in [-0.39, 0.29) is 0 Å². The molecule has 3 aromatic carbocycles. The second kappa shape index (κ2) is 8.75. The minimum absolute atomic E-state index is 0.599. The predicted octanol–water partition coefficient (Wildman–Crippen LogP) is 7.62. The second-order valence-electron chi connectivity index (χ2n) is 7.14. The fraction of sp³-hybridized carbons (Fsp3) is 0. The maximum Gasteiger partial charge on any atom is 0.113 e. The van der Waals surface area contributed by atoms with E-state index in [2.05, 4.69) is 10.3 Å². The van der Waals surface area contributed by atoms with Gasteiger partial charge in [0.2, 0.25) is 0 Å². The Kier molecular flexibility index (Phi) is 5.66. The number of pyridine rings is 1. The van der Waals surface area contributed by atoms with E-state index in [1.807, 2.05) is 91.1 Å². The number of para-hydroxylation sites is 1. The molecule has 156 valence electrons. The number of nitrogens with zero attached hydrogens (tertiary/aromatic N) is 4. The molecule has 0 spiro atoms.